The molecule has 30 aromatic rings. The number of hydrogen-bond acceptors (Lipinski definition) is 0. The molecule has 0 saturated heterocycles. The van der Waals surface area contributed by atoms with E-state index in [2.05, 4.69) is 582 Å². The van der Waals surface area contributed by atoms with Gasteiger partial charge in [-0.1, -0.05) is 534 Å². The van der Waals surface area contributed by atoms with Gasteiger partial charge in [0.1, 0.15) is 0 Å². The normalized spacial score (nSPS) is 11.6. The Labute approximate surface area is 870 Å². The van der Waals surface area contributed by atoms with Gasteiger partial charge in [-0.2, -0.15) is 0 Å². The molecule has 0 fully saturated rings. The zero-order valence-electron chi connectivity index (χ0n) is 82.4. The van der Waals surface area contributed by atoms with Crippen molar-refractivity contribution in [2.75, 3.05) is 0 Å². The molecule has 0 radical (unpaired) electrons. The predicted molar refractivity (Wildman–Crippen MR) is 647 cm³/mol. The van der Waals surface area contributed by atoms with E-state index in [0.717, 1.165) is 0 Å². The Bertz CT molecular complexity index is 10500. The molecule has 0 aliphatic rings. The first-order valence-corrected chi connectivity index (χ1v) is 52.0. The van der Waals surface area contributed by atoms with Gasteiger partial charge in [0, 0.05) is 0 Å². The van der Waals surface area contributed by atoms with Gasteiger partial charge in [-0.05, 0) is 344 Å². The summed E-state index contributed by atoms with van der Waals surface area (Å²) in [5, 5.41) is 38.0. The van der Waals surface area contributed by atoms with Crippen LogP contribution < -0.4 is 0 Å². The zero-order chi connectivity index (χ0) is 99.1. The third-order valence-electron chi connectivity index (χ3n) is 31.3. The highest BCUT2D eigenvalue weighted by atomic mass is 14.3. The van der Waals surface area contributed by atoms with Gasteiger partial charge in [-0.15, -0.1) is 0 Å². The van der Waals surface area contributed by atoms with Gasteiger partial charge in [-0.25, -0.2) is 0 Å². The third-order valence-corrected chi connectivity index (χ3v) is 31.3. The van der Waals surface area contributed by atoms with E-state index in [4.69, 9.17) is 0 Å². The van der Waals surface area contributed by atoms with Crippen LogP contribution in [0.15, 0.2) is 582 Å². The first kappa shape index (κ1) is 88.2. The second-order valence-electron chi connectivity index (χ2n) is 39.7. The van der Waals surface area contributed by atoms with Crippen molar-refractivity contribution in [1.82, 2.24) is 0 Å². The lowest BCUT2D eigenvalue weighted by molar-refractivity contribution is 1.61. The second kappa shape index (κ2) is 37.6. The highest BCUT2D eigenvalue weighted by Crippen LogP contribution is 2.54. The van der Waals surface area contributed by atoms with E-state index in [-0.39, 0.29) is 0 Å². The number of benzene rings is 30. The first-order valence-electron chi connectivity index (χ1n) is 52.0. The molecule has 150 heavy (non-hydrogen) atoms. The maximum absolute atomic E-state index is 2.43. The Balaban J connectivity index is 0.000000108. The summed E-state index contributed by atoms with van der Waals surface area (Å²) in [6, 6.07) is 214. The van der Waals surface area contributed by atoms with E-state index in [1.54, 1.807) is 0 Å². The van der Waals surface area contributed by atoms with E-state index in [1.807, 2.05) is 0 Å². The van der Waals surface area contributed by atoms with Crippen LogP contribution in [-0.2, 0) is 0 Å². The molecule has 0 amide bonds. The molecular weight excluding hydrogens is 1800 g/mol. The minimum Gasteiger partial charge on any atom is -0.0622 e. The second-order valence-corrected chi connectivity index (χ2v) is 39.7. The van der Waals surface area contributed by atoms with Gasteiger partial charge in [0.2, 0.25) is 0 Å². The summed E-state index contributed by atoms with van der Waals surface area (Å²) in [7, 11) is 0. The van der Waals surface area contributed by atoms with E-state index in [0.29, 0.717) is 0 Å². The first-order chi connectivity index (χ1) is 74.4. The molecular formula is C150H96. The molecule has 0 aliphatic carbocycles. The molecule has 0 spiro atoms. The van der Waals surface area contributed by atoms with Crippen LogP contribution in [0.25, 0.3) is 295 Å². The lowest BCUT2D eigenvalue weighted by atomic mass is 9.83. The summed E-state index contributed by atoms with van der Waals surface area (Å²) >= 11 is 0. The van der Waals surface area contributed by atoms with Crippen molar-refractivity contribution in [3.05, 3.63) is 582 Å². The fourth-order valence-electron chi connectivity index (χ4n) is 24.4. The Morgan fingerprint density at radius 1 is 0.0667 bits per heavy atom. The lowest BCUT2D eigenvalue weighted by Gasteiger charge is -2.20. The molecule has 0 nitrogen and oxygen atoms in total. The Morgan fingerprint density at radius 3 is 0.633 bits per heavy atom. The van der Waals surface area contributed by atoms with E-state index < -0.39 is 0 Å². The van der Waals surface area contributed by atoms with Crippen LogP contribution in [0.3, 0.4) is 0 Å². The van der Waals surface area contributed by atoms with Gasteiger partial charge in [0.25, 0.3) is 0 Å². The highest BCUT2D eigenvalue weighted by Gasteiger charge is 2.26. The minimum absolute atomic E-state index is 1.21. The Morgan fingerprint density at radius 2 is 0.280 bits per heavy atom. The van der Waals surface area contributed by atoms with Crippen molar-refractivity contribution >= 4 is 162 Å². The average Bonchev–Trinajstić information content (AvgIpc) is 0.735. The fraction of sp³-hybridized carbons (Fsp3) is 0. The van der Waals surface area contributed by atoms with Gasteiger partial charge in [0.15, 0.2) is 0 Å². The van der Waals surface area contributed by atoms with Crippen molar-refractivity contribution in [2.45, 2.75) is 0 Å². The molecule has 0 heteroatoms. The van der Waals surface area contributed by atoms with Crippen molar-refractivity contribution in [2.24, 2.45) is 0 Å². The third kappa shape index (κ3) is 15.6. The summed E-state index contributed by atoms with van der Waals surface area (Å²) in [6.07, 6.45) is 0. The molecule has 30 rings (SSSR count). The van der Waals surface area contributed by atoms with Crippen LogP contribution in [0.5, 0.6) is 0 Å². The molecule has 0 saturated carbocycles. The number of fused-ring (bicyclic) bond motifs is 16. The van der Waals surface area contributed by atoms with Gasteiger partial charge >= 0.3 is 0 Å². The quantitative estimate of drug-likeness (QED) is 0.0845. The lowest BCUT2D eigenvalue weighted by Crippen LogP contribution is -1.93. The van der Waals surface area contributed by atoms with Gasteiger partial charge in [0.05, 0.1) is 0 Å². The van der Waals surface area contributed by atoms with Crippen LogP contribution in [0, 0.1) is 0 Å². The Kier molecular flexibility index (Phi) is 22.1. The van der Waals surface area contributed by atoms with Crippen molar-refractivity contribution in [3.8, 4) is 134 Å². The molecule has 0 unspecified atom stereocenters. The predicted octanol–water partition coefficient (Wildman–Crippen LogP) is 42.4. The van der Waals surface area contributed by atoms with Crippen LogP contribution in [0.4, 0.5) is 0 Å². The summed E-state index contributed by atoms with van der Waals surface area (Å²) in [5.74, 6) is 0. The van der Waals surface area contributed by atoms with E-state index in [9.17, 15) is 0 Å². The monoisotopic (exact) mass is 1900 g/mol. The van der Waals surface area contributed by atoms with E-state index >= 15 is 0 Å². The number of rotatable bonds is 12. The minimum atomic E-state index is 1.21. The van der Waals surface area contributed by atoms with Crippen molar-refractivity contribution < 1.29 is 0 Å². The van der Waals surface area contributed by atoms with Crippen LogP contribution in [0.2, 0.25) is 0 Å². The molecule has 696 valence electrons. The standard InChI is InChI=1S/C54H34.C50H32.C46H30/c1-4-18-41-36(14-1)17-13-27-46(41)53-47-23-9-11-25-49(47)54(50-26-12-10-24-48(50)53)52-34-40(32-38-15-2-6-20-43(38)52)35-28-30-37(31-29-35)51-33-39-16-3-5-19-42(39)44-21-7-8-22-45(44)51;1-2-14-37-30-38(29-28-33(37)12-1)34-24-26-35(27-25-34)40-31-39-15-4-6-18-42(39)48(32-40)50-46-21-9-7-19-44(46)49(45-20-8-10-22-47(45)50)43-23-11-16-36-13-3-5-17-41(36)43;1-2-14-34(15-3-1)45-40-20-8-10-22-42(40)46(43-23-11-9-21-41(43)45)44-30-36(29-35-16-5-7-19-39(35)44)31-25-27-33(28-26-31)38-24-12-17-32-13-4-6-18-37(32)38/h1-34H;1-32H;1-30H. The topological polar surface area (TPSA) is 0 Å². The Hall–Kier alpha value is -19.5. The smallest absolute Gasteiger partial charge is 0.00199 e. The molecule has 0 N–H and O–H groups in total. The van der Waals surface area contributed by atoms with Crippen molar-refractivity contribution in [3.63, 3.8) is 0 Å². The molecule has 0 aliphatic heterocycles. The van der Waals surface area contributed by atoms with Crippen LogP contribution >= 0.6 is 0 Å². The largest absolute Gasteiger partial charge is 0.0622 e. The summed E-state index contributed by atoms with van der Waals surface area (Å²) < 4.78 is 0. The summed E-state index contributed by atoms with van der Waals surface area (Å²) in [5.41, 5.74) is 30.0. The number of hydrogen-bond donors (Lipinski definition) is 0. The molecule has 0 heterocycles. The van der Waals surface area contributed by atoms with Gasteiger partial charge < -0.3 is 0 Å². The molecule has 30 aromatic carbocycles. The SMILES string of the molecule is c1ccc(-c2c3ccccc3c(-c3cc(-c4ccc(-c5cccc6ccccc56)cc4)cc4ccccc34)c3ccccc23)cc1.c1ccc2c(-c3c4ccccc4c(-c4cc(-c5ccc(-c6cc7ccccc7c7ccccc67)cc5)cc5ccccc45)c4ccccc34)cccc2c1.c1ccc2cc(-c3ccc(-c4cc(-c5c6ccccc6c(-c6cccc7ccccc67)c6ccccc56)c5ccccc5c4)cc3)ccc2c1. The van der Waals surface area contributed by atoms with Crippen LogP contribution in [-0.4, -0.2) is 0 Å². The average molecular weight is 1900 g/mol. The van der Waals surface area contributed by atoms with Crippen molar-refractivity contribution in [1.29, 1.82) is 0 Å². The maximum Gasteiger partial charge on any atom is -0.00199 e. The summed E-state index contributed by atoms with van der Waals surface area (Å²) in [4.78, 5) is 0. The highest BCUT2D eigenvalue weighted by molar-refractivity contribution is 6.30. The molecule has 0 aromatic heterocycles. The van der Waals surface area contributed by atoms with Crippen LogP contribution in [0.1, 0.15) is 0 Å². The maximum atomic E-state index is 2.43. The van der Waals surface area contributed by atoms with Gasteiger partial charge in [-0.3, -0.25) is 0 Å². The molecule has 0 bridgehead atoms. The summed E-state index contributed by atoms with van der Waals surface area (Å²) in [6.45, 7) is 0. The fourth-order valence-corrected chi connectivity index (χ4v) is 24.4. The molecule has 0 atom stereocenters. The zero-order valence-corrected chi connectivity index (χ0v) is 82.4. The van der Waals surface area contributed by atoms with E-state index in [1.165, 1.54) is 295 Å².